The van der Waals surface area contributed by atoms with Crippen LogP contribution >= 0.6 is 11.8 Å². The van der Waals surface area contributed by atoms with Crippen LogP contribution < -0.4 is 5.32 Å². The quantitative estimate of drug-likeness (QED) is 0.593. The third-order valence-corrected chi connectivity index (χ3v) is 2.11. The summed E-state index contributed by atoms with van der Waals surface area (Å²) in [6, 6.07) is 8.13. The van der Waals surface area contributed by atoms with Crippen LogP contribution in [0.2, 0.25) is 0 Å². The normalized spacial score (nSPS) is 9.40. The monoisotopic (exact) mass is 152 g/mol. The number of nitrogens with zero attached hydrogens (tertiary/aromatic N) is 1. The molecule has 0 saturated carbocycles. The lowest BCUT2D eigenvalue weighted by molar-refractivity contribution is 1.06. The van der Waals surface area contributed by atoms with E-state index in [-0.39, 0.29) is 0 Å². The molecule has 1 nitrogen and oxygen atoms in total. The van der Waals surface area contributed by atoms with Crippen molar-refractivity contribution in [2.75, 3.05) is 13.3 Å². The molecule has 1 radical (unpaired) electrons. The summed E-state index contributed by atoms with van der Waals surface area (Å²) in [5.74, 6) is 0. The van der Waals surface area contributed by atoms with Gasteiger partial charge in [0, 0.05) is 11.9 Å². The molecule has 0 saturated heterocycles. The van der Waals surface area contributed by atoms with Crippen molar-refractivity contribution in [3.8, 4) is 0 Å². The van der Waals surface area contributed by atoms with Crippen molar-refractivity contribution in [3.05, 3.63) is 24.3 Å². The molecule has 0 aliphatic heterocycles. The van der Waals surface area contributed by atoms with Crippen LogP contribution in [0, 0.1) is 0 Å². The zero-order valence-electron chi connectivity index (χ0n) is 6.16. The van der Waals surface area contributed by atoms with Crippen molar-refractivity contribution < 1.29 is 0 Å². The molecule has 0 aliphatic carbocycles. The second-order valence-corrected chi connectivity index (χ2v) is 2.74. The van der Waals surface area contributed by atoms with Gasteiger partial charge in [0.2, 0.25) is 0 Å². The first-order chi connectivity index (χ1) is 4.88. The minimum Gasteiger partial charge on any atom is -0.288 e. The summed E-state index contributed by atoms with van der Waals surface area (Å²) in [6.45, 7) is 0. The molecule has 0 atom stereocenters. The molecule has 0 spiro atoms. The Kier molecular flexibility index (Phi) is 2.63. The number of benzene rings is 1. The van der Waals surface area contributed by atoms with Gasteiger partial charge in [-0.15, -0.1) is 11.8 Å². The van der Waals surface area contributed by atoms with Crippen LogP contribution in [0.4, 0.5) is 5.69 Å². The van der Waals surface area contributed by atoms with Gasteiger partial charge >= 0.3 is 0 Å². The van der Waals surface area contributed by atoms with Gasteiger partial charge in [-0.2, -0.15) is 0 Å². The van der Waals surface area contributed by atoms with E-state index in [2.05, 4.69) is 17.6 Å². The molecule has 0 unspecified atom stereocenters. The largest absolute Gasteiger partial charge is 0.288 e. The molecule has 1 rings (SSSR count). The predicted molar refractivity (Wildman–Crippen MR) is 45.9 cm³/mol. The molecule has 10 heavy (non-hydrogen) atoms. The van der Waals surface area contributed by atoms with E-state index in [1.54, 1.807) is 11.8 Å². The molecule has 0 N–H and O–H groups in total. The summed E-state index contributed by atoms with van der Waals surface area (Å²) >= 11 is 1.73. The van der Waals surface area contributed by atoms with Gasteiger partial charge in [-0.1, -0.05) is 12.1 Å². The highest BCUT2D eigenvalue weighted by molar-refractivity contribution is 7.98. The Balaban J connectivity index is 2.96. The fourth-order valence-corrected chi connectivity index (χ4v) is 1.40. The van der Waals surface area contributed by atoms with Crippen LogP contribution in [0.25, 0.3) is 0 Å². The number of thioether (sulfide) groups is 1. The van der Waals surface area contributed by atoms with Gasteiger partial charge in [-0.3, -0.25) is 5.32 Å². The fourth-order valence-electron chi connectivity index (χ4n) is 0.815. The number of hydrogen-bond donors (Lipinski definition) is 0. The highest BCUT2D eigenvalue weighted by Crippen LogP contribution is 2.23. The lowest BCUT2D eigenvalue weighted by atomic mass is 10.3. The van der Waals surface area contributed by atoms with Crippen LogP contribution in [0.15, 0.2) is 29.2 Å². The van der Waals surface area contributed by atoms with Crippen LogP contribution in [0.5, 0.6) is 0 Å². The van der Waals surface area contributed by atoms with Crippen molar-refractivity contribution in [3.63, 3.8) is 0 Å². The molecule has 0 heterocycles. The van der Waals surface area contributed by atoms with Crippen LogP contribution in [0.3, 0.4) is 0 Å². The molecule has 1 aromatic rings. The van der Waals surface area contributed by atoms with E-state index in [1.165, 1.54) is 4.90 Å². The molecule has 2 heteroatoms. The maximum absolute atomic E-state index is 4.12. The second-order valence-electron chi connectivity index (χ2n) is 1.90. The molecule has 0 fully saturated rings. The van der Waals surface area contributed by atoms with Gasteiger partial charge in [0.25, 0.3) is 0 Å². The van der Waals surface area contributed by atoms with E-state index in [1.807, 2.05) is 25.2 Å². The summed E-state index contributed by atoms with van der Waals surface area (Å²) in [5, 5.41) is 4.12. The van der Waals surface area contributed by atoms with Crippen molar-refractivity contribution in [1.82, 2.24) is 5.32 Å². The maximum Gasteiger partial charge on any atom is 0.0706 e. The van der Waals surface area contributed by atoms with Crippen molar-refractivity contribution in [2.45, 2.75) is 4.90 Å². The molecule has 53 valence electrons. The Morgan fingerprint density at radius 1 is 1.30 bits per heavy atom. The first-order valence-electron chi connectivity index (χ1n) is 3.11. The molecule has 0 aliphatic rings. The van der Waals surface area contributed by atoms with Gasteiger partial charge in [0.15, 0.2) is 0 Å². The van der Waals surface area contributed by atoms with Crippen molar-refractivity contribution >= 4 is 17.4 Å². The highest BCUT2D eigenvalue weighted by atomic mass is 32.2. The van der Waals surface area contributed by atoms with Gasteiger partial charge in [-0.05, 0) is 18.4 Å². The zero-order valence-corrected chi connectivity index (χ0v) is 6.98. The van der Waals surface area contributed by atoms with Gasteiger partial charge in [0.1, 0.15) is 0 Å². The summed E-state index contributed by atoms with van der Waals surface area (Å²) in [5.41, 5.74) is 1.08. The van der Waals surface area contributed by atoms with E-state index in [0.29, 0.717) is 0 Å². The van der Waals surface area contributed by atoms with Gasteiger partial charge in [-0.25, -0.2) is 0 Å². The summed E-state index contributed by atoms with van der Waals surface area (Å²) in [4.78, 5) is 1.24. The fraction of sp³-hybridized carbons (Fsp3) is 0.250. The predicted octanol–water partition coefficient (Wildman–Crippen LogP) is 2.27. The standard InChI is InChI=1S/C8H10NS/c1-9-7-5-3-4-6-8(7)10-2/h3-6H,1-2H3. The second kappa shape index (κ2) is 3.52. The Bertz CT molecular complexity index is 187. The first-order valence-corrected chi connectivity index (χ1v) is 4.34. The Morgan fingerprint density at radius 2 is 2.00 bits per heavy atom. The molecular weight excluding hydrogens is 142 g/mol. The summed E-state index contributed by atoms with van der Waals surface area (Å²) in [6.07, 6.45) is 2.06. The van der Waals surface area contributed by atoms with Crippen molar-refractivity contribution in [2.24, 2.45) is 0 Å². The SMILES string of the molecule is C[N]c1ccccc1SC. The number of para-hydroxylation sites is 1. The molecule has 0 bridgehead atoms. The molecular formula is C8H10NS. The average Bonchev–Trinajstić information content (AvgIpc) is 2.04. The number of rotatable bonds is 2. The maximum atomic E-state index is 4.12. The first kappa shape index (κ1) is 7.48. The van der Waals surface area contributed by atoms with E-state index >= 15 is 0 Å². The van der Waals surface area contributed by atoms with E-state index in [0.717, 1.165) is 5.69 Å². The van der Waals surface area contributed by atoms with Crippen LogP contribution in [-0.4, -0.2) is 13.3 Å². The lowest BCUT2D eigenvalue weighted by Gasteiger charge is -2.01. The average molecular weight is 152 g/mol. The van der Waals surface area contributed by atoms with Crippen LogP contribution in [-0.2, 0) is 0 Å². The third kappa shape index (κ3) is 1.45. The smallest absolute Gasteiger partial charge is 0.0706 e. The Morgan fingerprint density at radius 3 is 2.50 bits per heavy atom. The minimum absolute atomic E-state index is 1.08. The van der Waals surface area contributed by atoms with E-state index in [9.17, 15) is 0 Å². The lowest BCUT2D eigenvalue weighted by Crippen LogP contribution is -1.87. The topological polar surface area (TPSA) is 14.1 Å². The highest BCUT2D eigenvalue weighted by Gasteiger charge is 1.95. The molecule has 0 amide bonds. The van der Waals surface area contributed by atoms with E-state index in [4.69, 9.17) is 0 Å². The zero-order chi connectivity index (χ0) is 7.40. The van der Waals surface area contributed by atoms with Gasteiger partial charge in [0.05, 0.1) is 5.69 Å². The summed E-state index contributed by atoms with van der Waals surface area (Å²) < 4.78 is 0. The minimum atomic E-state index is 1.08. The van der Waals surface area contributed by atoms with Crippen molar-refractivity contribution in [1.29, 1.82) is 0 Å². The Hall–Kier alpha value is -0.630. The summed E-state index contributed by atoms with van der Waals surface area (Å²) in [7, 11) is 1.81. The Labute approximate surface area is 65.8 Å². The third-order valence-electron chi connectivity index (χ3n) is 1.33. The number of hydrogen-bond acceptors (Lipinski definition) is 1. The van der Waals surface area contributed by atoms with E-state index < -0.39 is 0 Å². The van der Waals surface area contributed by atoms with Gasteiger partial charge < -0.3 is 0 Å². The molecule has 0 aromatic heterocycles. The van der Waals surface area contributed by atoms with Crippen LogP contribution in [0.1, 0.15) is 0 Å². The molecule has 1 aromatic carbocycles.